The molecule has 7 N–H and O–H groups in total. The van der Waals surface area contributed by atoms with E-state index >= 15 is 4.39 Å². The Hall–Kier alpha value is -4.27. The van der Waals surface area contributed by atoms with Crippen molar-refractivity contribution < 1.29 is 52.1 Å². The molecule has 0 spiro atoms. The van der Waals surface area contributed by atoms with Crippen molar-refractivity contribution in [2.45, 2.75) is 37.0 Å². The first kappa shape index (κ1) is 27.9. The van der Waals surface area contributed by atoms with E-state index in [-0.39, 0.29) is 28.3 Å². The highest BCUT2D eigenvalue weighted by Crippen LogP contribution is 2.51. The highest BCUT2D eigenvalue weighted by molar-refractivity contribution is 7.47. The van der Waals surface area contributed by atoms with Gasteiger partial charge >= 0.3 is 7.82 Å². The smallest absolute Gasteiger partial charge is 0.473 e. The maximum absolute atomic E-state index is 15.2. The number of nitrogen functional groups attached to an aromatic ring is 1. The van der Waals surface area contributed by atoms with Crippen molar-refractivity contribution in [2.24, 2.45) is 0 Å². The lowest BCUT2D eigenvalue weighted by atomic mass is 10.1. The largest absolute Gasteiger partial charge is 0.506 e. The Labute approximate surface area is 230 Å². The number of rotatable bonds is 8. The Morgan fingerprint density at radius 3 is 2.55 bits per heavy atom. The first-order chi connectivity index (χ1) is 20.0. The molecule has 2 aliphatic heterocycles. The summed E-state index contributed by atoms with van der Waals surface area (Å²) < 4.78 is 65.8. The molecular formula is C20H20F2N9O10P. The number of aromatic amines is 1. The molecule has 2 aliphatic rings. The summed E-state index contributed by atoms with van der Waals surface area (Å²) in [6.07, 6.45) is -7.92. The summed E-state index contributed by atoms with van der Waals surface area (Å²) in [5.74, 6) is -2.37. The number of phosphoric acid groups is 1. The first-order valence-electron chi connectivity index (χ1n) is 11.9. The summed E-state index contributed by atoms with van der Waals surface area (Å²) in [7, 11) is -5.23. The van der Waals surface area contributed by atoms with Crippen LogP contribution in [0.3, 0.4) is 0 Å². The Morgan fingerprint density at radius 2 is 1.81 bits per heavy atom. The van der Waals surface area contributed by atoms with Gasteiger partial charge in [0.25, 0.3) is 5.56 Å². The molecule has 0 aromatic carbocycles. The summed E-state index contributed by atoms with van der Waals surface area (Å²) in [6.45, 7) is -1.86. The third kappa shape index (κ3) is 4.61. The minimum Gasteiger partial charge on any atom is -0.506 e. The van der Waals surface area contributed by atoms with Gasteiger partial charge in [0.05, 0.1) is 12.9 Å². The zero-order valence-corrected chi connectivity index (χ0v) is 21.7. The molecule has 22 heteroatoms. The molecule has 42 heavy (non-hydrogen) atoms. The topological polar surface area (TPSA) is 268 Å². The van der Waals surface area contributed by atoms with E-state index in [2.05, 4.69) is 29.9 Å². The van der Waals surface area contributed by atoms with Crippen LogP contribution < -0.4 is 11.3 Å². The number of fused-ring (bicyclic) bond motifs is 2. The van der Waals surface area contributed by atoms with E-state index in [4.69, 9.17) is 24.3 Å². The molecule has 1 fully saturated rings. The van der Waals surface area contributed by atoms with Gasteiger partial charge < -0.3 is 35.4 Å². The van der Waals surface area contributed by atoms with Gasteiger partial charge in [-0.15, -0.1) is 0 Å². The van der Waals surface area contributed by atoms with E-state index in [1.807, 2.05) is 0 Å². The zero-order chi connectivity index (χ0) is 29.9. The fourth-order valence-corrected chi connectivity index (χ4v) is 5.39. The monoisotopic (exact) mass is 615 g/mol. The summed E-state index contributed by atoms with van der Waals surface area (Å²) >= 11 is 0. The van der Waals surface area contributed by atoms with E-state index in [1.54, 1.807) is 0 Å². The van der Waals surface area contributed by atoms with E-state index in [0.717, 1.165) is 28.1 Å². The summed E-state index contributed by atoms with van der Waals surface area (Å²) in [6, 6.07) is 0. The molecule has 0 radical (unpaired) electrons. The quantitative estimate of drug-likeness (QED) is 0.138. The summed E-state index contributed by atoms with van der Waals surface area (Å²) in [4.78, 5) is 43.9. The molecule has 1 saturated heterocycles. The van der Waals surface area contributed by atoms with E-state index in [1.165, 1.54) is 0 Å². The predicted octanol–water partition coefficient (Wildman–Crippen LogP) is -0.386. The Morgan fingerprint density at radius 1 is 1.10 bits per heavy atom. The standard InChI is InChI=1S/C20H20F2N9O10P/c21-8-6(1-32)39-19(31-5-27-11-15(31)28-20(23)29-17(11)35)13(8)41-42(36,37)38-2-7-12(33)9(22)18(40-7)30-4-26-10-14(30)24-3-25-16(10)34/h3-6,8-9,13,18-19,32-33H,1-2H2,(H,36,37)(H,24,25,34)(H3,23,28,29,35)/t6-,8-,9-,13-,18-,19-/m1/s1. The zero-order valence-electron chi connectivity index (χ0n) is 20.8. The van der Waals surface area contributed by atoms with Gasteiger partial charge in [0.1, 0.15) is 31.5 Å². The second kappa shape index (κ2) is 10.2. The van der Waals surface area contributed by atoms with Crippen LogP contribution in [-0.2, 0) is 23.1 Å². The Kier molecular flexibility index (Phi) is 6.78. The normalized spacial score (nSPS) is 27.6. The number of nitrogens with zero attached hydrogens (tertiary/aromatic N) is 7. The number of alkyl halides is 2. The number of hydrogen-bond donors (Lipinski definition) is 6. The van der Waals surface area contributed by atoms with Gasteiger partial charge in [-0.05, 0) is 0 Å². The lowest BCUT2D eigenvalue weighted by molar-refractivity contribution is -0.0503. The molecule has 0 saturated carbocycles. The number of aliphatic hydroxyl groups excluding tert-OH is 2. The molecule has 7 atom stereocenters. The van der Waals surface area contributed by atoms with Gasteiger partial charge in [0, 0.05) is 0 Å². The fourth-order valence-electron chi connectivity index (χ4n) is 4.52. The predicted molar refractivity (Wildman–Crippen MR) is 131 cm³/mol. The van der Waals surface area contributed by atoms with Crippen LogP contribution >= 0.6 is 7.82 Å². The van der Waals surface area contributed by atoms with Crippen LogP contribution in [0.2, 0.25) is 0 Å². The third-order valence-corrected chi connectivity index (χ3v) is 7.42. The van der Waals surface area contributed by atoms with E-state index in [9.17, 15) is 34.0 Å². The van der Waals surface area contributed by atoms with Crippen molar-refractivity contribution in [2.75, 3.05) is 18.9 Å². The molecule has 1 unspecified atom stereocenters. The average Bonchev–Trinajstić information content (AvgIpc) is 3.69. The van der Waals surface area contributed by atoms with Gasteiger partial charge in [-0.2, -0.15) is 9.97 Å². The van der Waals surface area contributed by atoms with Gasteiger partial charge in [0.2, 0.25) is 24.2 Å². The van der Waals surface area contributed by atoms with Crippen molar-refractivity contribution in [1.29, 1.82) is 0 Å². The highest BCUT2D eigenvalue weighted by Gasteiger charge is 2.51. The van der Waals surface area contributed by atoms with Crippen molar-refractivity contribution in [3.63, 3.8) is 0 Å². The molecule has 19 nitrogen and oxygen atoms in total. The number of hydrogen-bond acceptors (Lipinski definition) is 15. The van der Waals surface area contributed by atoms with Crippen LogP contribution in [0, 0.1) is 0 Å². The number of aromatic nitrogens is 8. The molecule has 224 valence electrons. The number of nitrogens with one attached hydrogen (secondary N) is 1. The highest BCUT2D eigenvalue weighted by atomic mass is 31.2. The maximum atomic E-state index is 15.2. The van der Waals surface area contributed by atoms with Gasteiger partial charge in [-0.25, -0.2) is 28.3 Å². The first-order valence-corrected chi connectivity index (χ1v) is 13.4. The number of ether oxygens (including phenoxy) is 2. The number of halogens is 2. The minimum absolute atomic E-state index is 0.0359. The molecular weight excluding hydrogens is 595 g/mol. The lowest BCUT2D eigenvalue weighted by Crippen LogP contribution is -2.32. The van der Waals surface area contributed by atoms with Gasteiger partial charge in [0.15, 0.2) is 46.2 Å². The molecule has 4 aromatic heterocycles. The van der Waals surface area contributed by atoms with E-state index in [0.29, 0.717) is 0 Å². The maximum Gasteiger partial charge on any atom is 0.473 e. The Bertz CT molecular complexity index is 1810. The molecule has 4 aromatic rings. The van der Waals surface area contributed by atoms with Gasteiger partial charge in [-0.1, -0.05) is 0 Å². The minimum atomic E-state index is -5.23. The van der Waals surface area contributed by atoms with Crippen LogP contribution in [0.1, 0.15) is 12.5 Å². The second-order valence-corrected chi connectivity index (χ2v) is 10.4. The van der Waals surface area contributed by atoms with Gasteiger partial charge in [-0.3, -0.25) is 28.0 Å². The van der Waals surface area contributed by atoms with Crippen molar-refractivity contribution in [3.8, 4) is 5.88 Å². The van der Waals surface area contributed by atoms with E-state index < -0.39 is 81.0 Å². The average molecular weight is 615 g/mol. The molecule has 6 heterocycles. The fraction of sp³-hybridized carbons (Fsp3) is 0.400. The number of anilines is 1. The number of aromatic hydroxyl groups is 1. The van der Waals surface area contributed by atoms with Crippen LogP contribution in [0.5, 0.6) is 5.88 Å². The Balaban J connectivity index is 1.20. The summed E-state index contributed by atoms with van der Waals surface area (Å²) in [5.41, 5.74) is 4.37. The van der Waals surface area contributed by atoms with Crippen molar-refractivity contribution in [1.82, 2.24) is 39.0 Å². The number of aliphatic hydroxyl groups is 2. The number of phosphoric ester groups is 1. The number of imidazole rings is 2. The second-order valence-electron chi connectivity index (χ2n) is 9.02. The van der Waals surface area contributed by atoms with Crippen LogP contribution in [0.4, 0.5) is 14.7 Å². The molecule has 0 bridgehead atoms. The van der Waals surface area contributed by atoms with Crippen molar-refractivity contribution in [3.05, 3.63) is 40.9 Å². The van der Waals surface area contributed by atoms with Crippen LogP contribution in [0.25, 0.3) is 22.3 Å². The van der Waals surface area contributed by atoms with Crippen LogP contribution in [-0.4, -0.2) is 97.0 Å². The number of nitrogens with two attached hydrogens (primary N) is 1. The molecule has 0 aliphatic carbocycles. The van der Waals surface area contributed by atoms with Crippen LogP contribution in [0.15, 0.2) is 35.3 Å². The lowest BCUT2D eigenvalue weighted by Gasteiger charge is -2.23. The SMILES string of the molecule is Nc1nc2c(ncn2[C@@H]2O[C@H](CO)[C@@H](F)[C@H]2OP(=O)(O)OCC2=C(O)[C@@H](F)[C@H](n3cnc4c(O)ncnc43)O2)c(=O)[nH]1. The third-order valence-electron chi connectivity index (χ3n) is 6.46. The number of H-pyrrole nitrogens is 1. The summed E-state index contributed by atoms with van der Waals surface area (Å²) in [5, 5.41) is 29.6. The molecule has 0 amide bonds. The molecule has 6 rings (SSSR count). The van der Waals surface area contributed by atoms with Crippen molar-refractivity contribution >= 4 is 36.1 Å².